The maximum atomic E-state index is 12.3. The molecule has 27 heavy (non-hydrogen) atoms. The molecule has 1 saturated carbocycles. The van der Waals surface area contributed by atoms with E-state index in [1.807, 2.05) is 6.07 Å². The second kappa shape index (κ2) is 6.08. The zero-order valence-corrected chi connectivity index (χ0v) is 15.6. The zero-order valence-electron chi connectivity index (χ0n) is 15.6. The number of hydrogen-bond acceptors (Lipinski definition) is 5. The lowest BCUT2D eigenvalue weighted by Crippen LogP contribution is -2.21. The Bertz CT molecular complexity index is 1090. The van der Waals surface area contributed by atoms with Gasteiger partial charge < -0.3 is 10.6 Å². The first-order valence-electron chi connectivity index (χ1n) is 9.62. The first kappa shape index (κ1) is 16.3. The fraction of sp³-hybridized carbons (Fsp3) is 0.381. The van der Waals surface area contributed by atoms with Crippen LogP contribution >= 0.6 is 0 Å². The summed E-state index contributed by atoms with van der Waals surface area (Å²) >= 11 is 0. The van der Waals surface area contributed by atoms with Gasteiger partial charge in [0.1, 0.15) is 5.65 Å². The number of pyridine rings is 1. The van der Waals surface area contributed by atoms with Crippen molar-refractivity contribution in [1.82, 2.24) is 14.5 Å². The summed E-state index contributed by atoms with van der Waals surface area (Å²) in [5, 5.41) is 7.70. The van der Waals surface area contributed by atoms with Crippen molar-refractivity contribution in [3.63, 3.8) is 0 Å². The largest absolute Gasteiger partial charge is 0.382 e. The van der Waals surface area contributed by atoms with Gasteiger partial charge in [0.05, 0.1) is 0 Å². The average molecular weight is 361 g/mol. The van der Waals surface area contributed by atoms with E-state index in [1.54, 1.807) is 22.9 Å². The second-order valence-corrected chi connectivity index (χ2v) is 7.85. The number of fused-ring (bicyclic) bond motifs is 2. The van der Waals surface area contributed by atoms with E-state index in [9.17, 15) is 4.79 Å². The summed E-state index contributed by atoms with van der Waals surface area (Å²) < 4.78 is 1.79. The fourth-order valence-electron chi connectivity index (χ4n) is 3.78. The molecule has 0 radical (unpaired) electrons. The van der Waals surface area contributed by atoms with Gasteiger partial charge in [-0.15, -0.1) is 0 Å². The van der Waals surface area contributed by atoms with Crippen LogP contribution in [0.1, 0.15) is 38.2 Å². The molecule has 1 aliphatic heterocycles. The van der Waals surface area contributed by atoms with Crippen LogP contribution in [0.25, 0.3) is 11.0 Å². The minimum atomic E-state index is 0.00506. The molecular formula is C21H23N5O. The highest BCUT2D eigenvalue weighted by molar-refractivity contribution is 5.76. The molecule has 0 spiro atoms. The summed E-state index contributed by atoms with van der Waals surface area (Å²) in [5.74, 6) is 1.58. The SMILES string of the molecule is CC1Nc2ccc(Nc3ncc4ccc(=O)n(CC5CC5)c4n3)cc2C1C. The van der Waals surface area contributed by atoms with E-state index in [0.29, 0.717) is 29.5 Å². The molecule has 5 rings (SSSR count). The van der Waals surface area contributed by atoms with E-state index in [0.717, 1.165) is 17.6 Å². The van der Waals surface area contributed by atoms with Crippen molar-refractivity contribution >= 4 is 28.4 Å². The molecule has 2 atom stereocenters. The van der Waals surface area contributed by atoms with E-state index >= 15 is 0 Å². The first-order chi connectivity index (χ1) is 13.1. The van der Waals surface area contributed by atoms with Crippen molar-refractivity contribution < 1.29 is 0 Å². The molecule has 2 unspecified atom stereocenters. The van der Waals surface area contributed by atoms with Crippen molar-refractivity contribution in [3.05, 3.63) is 52.4 Å². The molecule has 1 aliphatic carbocycles. The molecule has 0 amide bonds. The monoisotopic (exact) mass is 361 g/mol. The Hall–Kier alpha value is -2.89. The number of aromatic nitrogens is 3. The van der Waals surface area contributed by atoms with E-state index in [2.05, 4.69) is 46.6 Å². The molecule has 2 aromatic heterocycles. The Morgan fingerprint density at radius 3 is 2.89 bits per heavy atom. The van der Waals surface area contributed by atoms with Crippen LogP contribution in [0.4, 0.5) is 17.3 Å². The molecule has 138 valence electrons. The van der Waals surface area contributed by atoms with Crippen molar-refractivity contribution in [2.24, 2.45) is 5.92 Å². The predicted octanol–water partition coefficient (Wildman–Crippen LogP) is 3.86. The number of rotatable bonds is 4. The highest BCUT2D eigenvalue weighted by atomic mass is 16.1. The van der Waals surface area contributed by atoms with Crippen molar-refractivity contribution in [1.29, 1.82) is 0 Å². The number of nitrogens with one attached hydrogen (secondary N) is 2. The van der Waals surface area contributed by atoms with Crippen LogP contribution in [0.5, 0.6) is 0 Å². The van der Waals surface area contributed by atoms with Gasteiger partial charge in [0, 0.05) is 47.5 Å². The Morgan fingerprint density at radius 1 is 1.22 bits per heavy atom. The molecule has 1 fully saturated rings. The fourth-order valence-corrected chi connectivity index (χ4v) is 3.78. The van der Waals surface area contributed by atoms with Crippen LogP contribution in [0.3, 0.4) is 0 Å². The Balaban J connectivity index is 1.50. The molecule has 6 nitrogen and oxygen atoms in total. The topological polar surface area (TPSA) is 71.8 Å². The molecule has 3 heterocycles. The Labute approximate surface area is 157 Å². The maximum Gasteiger partial charge on any atom is 0.252 e. The highest BCUT2D eigenvalue weighted by Crippen LogP contribution is 2.37. The molecule has 0 bridgehead atoms. The summed E-state index contributed by atoms with van der Waals surface area (Å²) in [6.07, 6.45) is 4.17. The number of nitrogens with zero attached hydrogens (tertiary/aromatic N) is 3. The summed E-state index contributed by atoms with van der Waals surface area (Å²) in [5.41, 5.74) is 4.17. The van der Waals surface area contributed by atoms with E-state index in [-0.39, 0.29) is 5.56 Å². The van der Waals surface area contributed by atoms with E-state index in [4.69, 9.17) is 0 Å². The van der Waals surface area contributed by atoms with E-state index in [1.165, 1.54) is 24.1 Å². The standard InChI is InChI=1S/C21H23N5O/c1-12-13(2)23-18-7-6-16(9-17(12)18)24-21-22-10-15-5-8-19(27)26(20(15)25-21)11-14-3-4-14/h5-10,12-14,23H,3-4,11H2,1-2H3,(H,22,24,25). The lowest BCUT2D eigenvalue weighted by molar-refractivity contribution is 0.622. The van der Waals surface area contributed by atoms with Crippen molar-refractivity contribution in [2.45, 2.75) is 45.2 Å². The van der Waals surface area contributed by atoms with Gasteiger partial charge in [-0.1, -0.05) is 6.92 Å². The summed E-state index contributed by atoms with van der Waals surface area (Å²) in [7, 11) is 0. The summed E-state index contributed by atoms with van der Waals surface area (Å²) in [6.45, 7) is 5.17. The second-order valence-electron chi connectivity index (χ2n) is 7.85. The summed E-state index contributed by atoms with van der Waals surface area (Å²) in [6, 6.07) is 10.1. The van der Waals surface area contributed by atoms with Crippen molar-refractivity contribution in [3.8, 4) is 0 Å². The Morgan fingerprint density at radius 2 is 2.07 bits per heavy atom. The molecule has 0 saturated heterocycles. The third kappa shape index (κ3) is 2.95. The lowest BCUT2D eigenvalue weighted by atomic mass is 9.98. The number of hydrogen-bond donors (Lipinski definition) is 2. The van der Waals surface area contributed by atoms with Gasteiger partial charge in [0.25, 0.3) is 5.56 Å². The van der Waals surface area contributed by atoms with Crippen LogP contribution in [0.2, 0.25) is 0 Å². The van der Waals surface area contributed by atoms with Crippen LogP contribution < -0.4 is 16.2 Å². The van der Waals surface area contributed by atoms with Crippen LogP contribution in [-0.4, -0.2) is 20.6 Å². The Kier molecular flexibility index (Phi) is 3.67. The van der Waals surface area contributed by atoms with Gasteiger partial charge in [0.15, 0.2) is 0 Å². The van der Waals surface area contributed by atoms with Crippen molar-refractivity contribution in [2.75, 3.05) is 10.6 Å². The first-order valence-corrected chi connectivity index (χ1v) is 9.62. The van der Waals surface area contributed by atoms with Crippen LogP contribution in [-0.2, 0) is 6.54 Å². The van der Waals surface area contributed by atoms with Crippen LogP contribution in [0.15, 0.2) is 41.3 Å². The minimum absolute atomic E-state index is 0.00506. The predicted molar refractivity (Wildman–Crippen MR) is 108 cm³/mol. The molecule has 6 heteroatoms. The lowest BCUT2D eigenvalue weighted by Gasteiger charge is -2.12. The smallest absolute Gasteiger partial charge is 0.252 e. The molecule has 2 N–H and O–H groups in total. The van der Waals surface area contributed by atoms with Gasteiger partial charge in [-0.05, 0) is 55.5 Å². The molecule has 3 aromatic rings. The number of anilines is 3. The van der Waals surface area contributed by atoms with Gasteiger partial charge in [-0.2, -0.15) is 4.98 Å². The number of benzene rings is 1. The highest BCUT2D eigenvalue weighted by Gasteiger charge is 2.25. The summed E-state index contributed by atoms with van der Waals surface area (Å²) in [4.78, 5) is 21.4. The zero-order chi connectivity index (χ0) is 18.5. The molecule has 1 aromatic carbocycles. The average Bonchev–Trinajstić information content (AvgIpc) is 3.44. The molecular weight excluding hydrogens is 338 g/mol. The van der Waals surface area contributed by atoms with Gasteiger partial charge in [-0.3, -0.25) is 9.36 Å². The van der Waals surface area contributed by atoms with Gasteiger partial charge in [0.2, 0.25) is 5.95 Å². The molecule has 2 aliphatic rings. The normalized spacial score (nSPS) is 21.1. The third-order valence-corrected chi connectivity index (χ3v) is 5.79. The van der Waals surface area contributed by atoms with E-state index < -0.39 is 0 Å². The van der Waals surface area contributed by atoms with Crippen LogP contribution in [0, 0.1) is 5.92 Å². The van der Waals surface area contributed by atoms with Gasteiger partial charge >= 0.3 is 0 Å². The van der Waals surface area contributed by atoms with Gasteiger partial charge in [-0.25, -0.2) is 4.98 Å². The minimum Gasteiger partial charge on any atom is -0.382 e. The quantitative estimate of drug-likeness (QED) is 0.738. The maximum absolute atomic E-state index is 12.3. The third-order valence-electron chi connectivity index (χ3n) is 5.79.